The number of anilines is 1. The molecule has 6 rings (SSSR count). The molecule has 1 aliphatic rings. The monoisotopic (exact) mass is 771 g/mol. The van der Waals surface area contributed by atoms with E-state index in [0.717, 1.165) is 42.1 Å². The number of amides is 1. The number of hydrogen-bond acceptors (Lipinski definition) is 10. The van der Waals surface area contributed by atoms with Crippen LogP contribution < -0.4 is 16.1 Å². The number of Topliss-reactive ketones (excluding diaryl/α,β-unsaturated/α-hetero) is 1. The van der Waals surface area contributed by atoms with E-state index >= 15 is 4.39 Å². The van der Waals surface area contributed by atoms with Crippen molar-refractivity contribution in [3.05, 3.63) is 110 Å². The maximum Gasteiger partial charge on any atom is 0.410 e. The number of aryl methyl sites for hydroxylation is 1. The minimum Gasteiger partial charge on any atom is -0.477 e. The van der Waals surface area contributed by atoms with E-state index in [1.165, 1.54) is 11.1 Å². The number of nitrogens with two attached hydrogens (primary N) is 1. The summed E-state index contributed by atoms with van der Waals surface area (Å²) in [6.07, 6.45) is 5.99. The number of rotatable bonds is 16. The Kier molecular flexibility index (Phi) is 12.7. The molecule has 1 unspecified atom stereocenters. The summed E-state index contributed by atoms with van der Waals surface area (Å²) in [4.78, 5) is 55.5. The highest BCUT2D eigenvalue weighted by Gasteiger charge is 2.26. The lowest BCUT2D eigenvalue weighted by Crippen LogP contribution is -2.49. The summed E-state index contributed by atoms with van der Waals surface area (Å²) in [5.74, 6) is -1.80. The van der Waals surface area contributed by atoms with Gasteiger partial charge in [-0.25, -0.2) is 18.7 Å². The SMILES string of the molecule is CCn1cc(C(=O)O)c(=O)c2cc(F)c(N3CCN(C(=O)OCc4ccc(CC(=O)[C@H](CCCCN)n5cc(C(C)Cc6cccs6)nn5)cc4)CC3)cc21. The molecule has 0 aliphatic carbocycles. The first-order valence-corrected chi connectivity index (χ1v) is 19.5. The van der Waals surface area contributed by atoms with Crippen molar-refractivity contribution in [2.45, 2.75) is 71.1 Å². The topological polar surface area (TPSA) is 166 Å². The van der Waals surface area contributed by atoms with Crippen molar-refractivity contribution in [2.24, 2.45) is 5.73 Å². The van der Waals surface area contributed by atoms with E-state index in [1.54, 1.807) is 36.5 Å². The quantitative estimate of drug-likeness (QED) is 0.117. The Labute approximate surface area is 322 Å². The summed E-state index contributed by atoms with van der Waals surface area (Å²) in [7, 11) is 0. The van der Waals surface area contributed by atoms with Gasteiger partial charge in [-0.15, -0.1) is 16.4 Å². The van der Waals surface area contributed by atoms with Crippen LogP contribution in [0.5, 0.6) is 0 Å². The number of carboxylic acids is 1. The molecule has 15 heteroatoms. The van der Waals surface area contributed by atoms with Crippen LogP contribution in [0, 0.1) is 5.82 Å². The molecule has 1 amide bonds. The van der Waals surface area contributed by atoms with Crippen LogP contribution in [0.3, 0.4) is 0 Å². The van der Waals surface area contributed by atoms with Crippen molar-refractivity contribution in [2.75, 3.05) is 37.6 Å². The fourth-order valence-corrected chi connectivity index (χ4v) is 7.76. The Morgan fingerprint density at radius 2 is 1.78 bits per heavy atom. The second-order valence-electron chi connectivity index (χ2n) is 13.9. The zero-order chi connectivity index (χ0) is 39.1. The van der Waals surface area contributed by atoms with Crippen molar-refractivity contribution >= 4 is 45.8 Å². The van der Waals surface area contributed by atoms with E-state index < -0.39 is 34.9 Å². The fourth-order valence-electron chi connectivity index (χ4n) is 6.92. The van der Waals surface area contributed by atoms with Crippen LogP contribution >= 0.6 is 11.3 Å². The van der Waals surface area contributed by atoms with Gasteiger partial charge in [0, 0.05) is 67.7 Å². The average Bonchev–Trinajstić information content (AvgIpc) is 3.89. The number of unbranched alkanes of at least 4 members (excludes halogenated alkanes) is 1. The highest BCUT2D eigenvalue weighted by atomic mass is 32.1. The second kappa shape index (κ2) is 17.8. The number of carbonyl (C=O) groups is 3. The van der Waals surface area contributed by atoms with Crippen molar-refractivity contribution < 1.29 is 28.6 Å². The number of benzene rings is 2. The van der Waals surface area contributed by atoms with Gasteiger partial charge >= 0.3 is 12.1 Å². The lowest BCUT2D eigenvalue weighted by Gasteiger charge is -2.35. The molecule has 5 aromatic rings. The standard InChI is InChI=1S/C40H46FN7O6S/c1-3-45-23-31(39(51)52)38(50)30-21-32(41)36(22-35(30)45)46-14-16-47(17-15-46)40(53)54-25-28-11-9-27(10-12-28)20-37(49)34(8-4-5-13-42)48-24-33(43-44-48)26(2)19-29-7-6-18-55-29/h6-7,9-12,18,21-24,26,34H,3-5,8,13-17,19-20,25,42H2,1-2H3,(H,51,52)/t26?,34-/m0/s1. The molecule has 1 fully saturated rings. The van der Waals surface area contributed by atoms with Gasteiger partial charge in [0.2, 0.25) is 5.43 Å². The van der Waals surface area contributed by atoms with Crippen LogP contribution in [0.4, 0.5) is 14.9 Å². The Bertz CT molecular complexity index is 2180. The van der Waals surface area contributed by atoms with Crippen molar-refractivity contribution in [3.63, 3.8) is 0 Å². The zero-order valence-electron chi connectivity index (χ0n) is 31.0. The van der Waals surface area contributed by atoms with Crippen LogP contribution in [0.25, 0.3) is 10.9 Å². The van der Waals surface area contributed by atoms with Crippen molar-refractivity contribution in [1.82, 2.24) is 24.5 Å². The first-order valence-electron chi connectivity index (χ1n) is 18.6. The second-order valence-corrected chi connectivity index (χ2v) is 14.9. The molecule has 1 saturated heterocycles. The van der Waals surface area contributed by atoms with Gasteiger partial charge in [0.05, 0.1) is 16.9 Å². The van der Waals surface area contributed by atoms with Crippen molar-refractivity contribution in [1.29, 1.82) is 0 Å². The minimum atomic E-state index is -1.36. The molecule has 290 valence electrons. The number of aromatic nitrogens is 4. The molecule has 3 aromatic heterocycles. The smallest absolute Gasteiger partial charge is 0.410 e. The van der Waals surface area contributed by atoms with E-state index in [-0.39, 0.29) is 35.8 Å². The average molecular weight is 772 g/mol. The summed E-state index contributed by atoms with van der Waals surface area (Å²) < 4.78 is 24.2. The van der Waals surface area contributed by atoms with Gasteiger partial charge in [-0.05, 0) is 73.9 Å². The number of fused-ring (bicyclic) bond motifs is 1. The lowest BCUT2D eigenvalue weighted by atomic mass is 9.98. The first kappa shape index (κ1) is 39.3. The fraction of sp³-hybridized carbons (Fsp3) is 0.400. The normalized spacial score (nSPS) is 14.3. The molecular weight excluding hydrogens is 726 g/mol. The molecular formula is C40H46FN7O6S. The summed E-state index contributed by atoms with van der Waals surface area (Å²) in [5.41, 5.74) is 7.78. The predicted molar refractivity (Wildman–Crippen MR) is 208 cm³/mol. The first-order chi connectivity index (χ1) is 26.6. The number of halogens is 1. The van der Waals surface area contributed by atoms with Gasteiger partial charge in [-0.1, -0.05) is 42.5 Å². The molecule has 2 atom stereocenters. The van der Waals surface area contributed by atoms with Gasteiger partial charge < -0.3 is 29.9 Å². The van der Waals surface area contributed by atoms with Crippen molar-refractivity contribution in [3.8, 4) is 0 Å². The van der Waals surface area contributed by atoms with E-state index in [0.29, 0.717) is 51.2 Å². The van der Waals surface area contributed by atoms with Crippen LogP contribution in [-0.4, -0.2) is 80.1 Å². The third-order valence-corrected chi connectivity index (χ3v) is 11.0. The van der Waals surface area contributed by atoms with E-state index in [1.807, 2.05) is 43.5 Å². The number of carbonyl (C=O) groups excluding carboxylic acids is 2. The maximum atomic E-state index is 15.3. The Morgan fingerprint density at radius 1 is 1.04 bits per heavy atom. The maximum absolute atomic E-state index is 15.3. The highest BCUT2D eigenvalue weighted by Crippen LogP contribution is 2.27. The molecule has 2 aromatic carbocycles. The third-order valence-electron chi connectivity index (χ3n) is 10.1. The minimum absolute atomic E-state index is 0.00318. The molecule has 13 nitrogen and oxygen atoms in total. The van der Waals surface area contributed by atoms with E-state index in [2.05, 4.69) is 28.7 Å². The summed E-state index contributed by atoms with van der Waals surface area (Å²) >= 11 is 1.71. The molecule has 3 N–H and O–H groups in total. The van der Waals surface area contributed by atoms with Crippen LogP contribution in [0.15, 0.2) is 71.1 Å². The number of thiophene rings is 1. The number of hydrogen-bond donors (Lipinski definition) is 2. The number of ketones is 1. The van der Waals surface area contributed by atoms with Crippen LogP contribution in [0.1, 0.15) is 77.1 Å². The van der Waals surface area contributed by atoms with E-state index in [4.69, 9.17) is 10.5 Å². The highest BCUT2D eigenvalue weighted by molar-refractivity contribution is 7.09. The summed E-state index contributed by atoms with van der Waals surface area (Å²) in [6, 6.07) is 13.8. The molecule has 55 heavy (non-hydrogen) atoms. The van der Waals surface area contributed by atoms with Crippen LogP contribution in [0.2, 0.25) is 0 Å². The van der Waals surface area contributed by atoms with Gasteiger partial charge in [0.15, 0.2) is 5.78 Å². The molecule has 4 heterocycles. The van der Waals surface area contributed by atoms with Crippen LogP contribution in [-0.2, 0) is 35.5 Å². The van der Waals surface area contributed by atoms with Gasteiger partial charge in [0.1, 0.15) is 24.0 Å². The Morgan fingerprint density at radius 3 is 2.45 bits per heavy atom. The Balaban J connectivity index is 1.02. The number of carboxylic acid groups (broad SMARTS) is 1. The molecule has 0 spiro atoms. The summed E-state index contributed by atoms with van der Waals surface area (Å²) in [6.45, 7) is 6.18. The zero-order valence-corrected chi connectivity index (χ0v) is 31.8. The van der Waals surface area contributed by atoms with E-state index in [9.17, 15) is 24.3 Å². The van der Waals surface area contributed by atoms with Gasteiger partial charge in [-0.3, -0.25) is 9.59 Å². The third kappa shape index (κ3) is 9.28. The molecule has 1 aliphatic heterocycles. The molecule has 0 bridgehead atoms. The molecule has 0 radical (unpaired) electrons. The predicted octanol–water partition coefficient (Wildman–Crippen LogP) is 5.80. The number of nitrogens with zero attached hydrogens (tertiary/aromatic N) is 6. The number of pyridine rings is 1. The number of piperazine rings is 1. The lowest BCUT2D eigenvalue weighted by molar-refractivity contribution is -0.122. The summed E-state index contributed by atoms with van der Waals surface area (Å²) in [5, 5.41) is 20.3. The van der Waals surface area contributed by atoms with Gasteiger partial charge in [0.25, 0.3) is 0 Å². The molecule has 0 saturated carbocycles. The largest absolute Gasteiger partial charge is 0.477 e. The number of aromatic carboxylic acids is 1. The number of ether oxygens (including phenoxy) is 1. The van der Waals surface area contributed by atoms with Gasteiger partial charge in [-0.2, -0.15) is 0 Å². The Hall–Kier alpha value is -5.41.